The summed E-state index contributed by atoms with van der Waals surface area (Å²) in [5, 5.41) is 4.93. The predicted octanol–water partition coefficient (Wildman–Crippen LogP) is 5.29. The Labute approximate surface area is 137 Å². The van der Waals surface area contributed by atoms with Crippen molar-refractivity contribution in [3.63, 3.8) is 0 Å². The van der Waals surface area contributed by atoms with Crippen molar-refractivity contribution in [2.75, 3.05) is 6.54 Å². The van der Waals surface area contributed by atoms with Crippen LogP contribution in [0.15, 0.2) is 36.7 Å². The second-order valence-electron chi connectivity index (χ2n) is 5.25. The molecule has 0 amide bonds. The van der Waals surface area contributed by atoms with Crippen LogP contribution in [0, 0.1) is 0 Å². The Bertz CT molecular complexity index is 572. The average Bonchev–Trinajstić information content (AvgIpc) is 2.90. The van der Waals surface area contributed by atoms with Crippen molar-refractivity contribution in [1.82, 2.24) is 9.88 Å². The van der Waals surface area contributed by atoms with Gasteiger partial charge < -0.3 is 9.88 Å². The van der Waals surface area contributed by atoms with E-state index in [9.17, 15) is 0 Å². The van der Waals surface area contributed by atoms with E-state index in [1.165, 1.54) is 12.0 Å². The molecular weight excluding hydrogens is 303 g/mol. The lowest BCUT2D eigenvalue weighted by molar-refractivity contribution is 0.508. The first-order chi connectivity index (χ1) is 10.1. The van der Waals surface area contributed by atoms with Gasteiger partial charge in [-0.3, -0.25) is 0 Å². The molecule has 1 heterocycles. The number of aromatic nitrogens is 1. The molecule has 1 aromatic heterocycles. The summed E-state index contributed by atoms with van der Waals surface area (Å²) >= 11 is 12.2. The van der Waals surface area contributed by atoms with Crippen molar-refractivity contribution in [1.29, 1.82) is 0 Å². The van der Waals surface area contributed by atoms with Crippen molar-refractivity contribution in [3.8, 4) is 0 Å². The van der Waals surface area contributed by atoms with Crippen LogP contribution in [0.4, 0.5) is 0 Å². The van der Waals surface area contributed by atoms with Gasteiger partial charge in [-0.1, -0.05) is 49.5 Å². The van der Waals surface area contributed by atoms with Gasteiger partial charge >= 0.3 is 0 Å². The Morgan fingerprint density at radius 1 is 1.19 bits per heavy atom. The molecule has 0 fully saturated rings. The second-order valence-corrected chi connectivity index (χ2v) is 6.10. The molecule has 2 rings (SSSR count). The van der Waals surface area contributed by atoms with Crippen LogP contribution < -0.4 is 5.32 Å². The molecule has 0 spiro atoms. The minimum absolute atomic E-state index is 0.432. The maximum absolute atomic E-state index is 6.24. The zero-order chi connectivity index (χ0) is 15.2. The topological polar surface area (TPSA) is 17.0 Å². The number of hydrogen-bond donors (Lipinski definition) is 1. The fourth-order valence-electron chi connectivity index (χ4n) is 2.53. The van der Waals surface area contributed by atoms with Gasteiger partial charge in [0.15, 0.2) is 0 Å². The van der Waals surface area contributed by atoms with Crippen molar-refractivity contribution < 1.29 is 0 Å². The minimum Gasteiger partial charge on any atom is -0.350 e. The van der Waals surface area contributed by atoms with E-state index >= 15 is 0 Å². The summed E-state index contributed by atoms with van der Waals surface area (Å²) in [7, 11) is 0. The molecule has 2 aromatic rings. The van der Waals surface area contributed by atoms with E-state index in [1.54, 1.807) is 6.07 Å². The molecule has 0 radical (unpaired) electrons. The lowest BCUT2D eigenvalue weighted by Gasteiger charge is -2.15. The Hall–Kier alpha value is -0.960. The SMILES string of the molecule is CCCC(NCC)c1ccn(Cc2ccc(Cl)cc2Cl)c1. The van der Waals surface area contributed by atoms with Crippen LogP contribution in [-0.4, -0.2) is 11.1 Å². The molecule has 0 aliphatic heterocycles. The fourth-order valence-corrected chi connectivity index (χ4v) is 3.00. The van der Waals surface area contributed by atoms with E-state index in [0.717, 1.165) is 30.1 Å². The highest BCUT2D eigenvalue weighted by Gasteiger charge is 2.11. The van der Waals surface area contributed by atoms with E-state index < -0.39 is 0 Å². The maximum Gasteiger partial charge on any atom is 0.0485 e. The van der Waals surface area contributed by atoms with E-state index in [0.29, 0.717) is 11.1 Å². The summed E-state index contributed by atoms with van der Waals surface area (Å²) in [6, 6.07) is 8.28. The van der Waals surface area contributed by atoms with E-state index in [-0.39, 0.29) is 0 Å². The summed E-state index contributed by atoms with van der Waals surface area (Å²) in [4.78, 5) is 0. The number of nitrogens with one attached hydrogen (secondary N) is 1. The van der Waals surface area contributed by atoms with Gasteiger partial charge in [-0.15, -0.1) is 0 Å². The Balaban J connectivity index is 2.11. The van der Waals surface area contributed by atoms with Gasteiger partial charge in [-0.25, -0.2) is 0 Å². The van der Waals surface area contributed by atoms with Crippen LogP contribution in [0.2, 0.25) is 10.0 Å². The molecule has 1 unspecified atom stereocenters. The maximum atomic E-state index is 6.24. The van der Waals surface area contributed by atoms with Crippen LogP contribution in [0.3, 0.4) is 0 Å². The molecule has 21 heavy (non-hydrogen) atoms. The van der Waals surface area contributed by atoms with E-state index in [1.807, 2.05) is 12.1 Å². The van der Waals surface area contributed by atoms with Gasteiger partial charge in [0, 0.05) is 35.0 Å². The van der Waals surface area contributed by atoms with E-state index in [4.69, 9.17) is 23.2 Å². The smallest absolute Gasteiger partial charge is 0.0485 e. The third-order valence-electron chi connectivity index (χ3n) is 3.57. The predicted molar refractivity (Wildman–Crippen MR) is 91.3 cm³/mol. The number of hydrogen-bond acceptors (Lipinski definition) is 1. The molecule has 1 atom stereocenters. The monoisotopic (exact) mass is 324 g/mol. The zero-order valence-corrected chi connectivity index (χ0v) is 14.1. The Morgan fingerprint density at radius 2 is 2.00 bits per heavy atom. The quantitative estimate of drug-likeness (QED) is 0.731. The lowest BCUT2D eigenvalue weighted by atomic mass is 10.1. The van der Waals surface area contributed by atoms with Crippen LogP contribution >= 0.6 is 23.2 Å². The molecule has 0 aliphatic carbocycles. The first-order valence-corrected chi connectivity index (χ1v) is 8.22. The molecule has 114 valence electrons. The van der Waals surface area contributed by atoms with Gasteiger partial charge in [0.25, 0.3) is 0 Å². The molecule has 0 bridgehead atoms. The molecule has 1 aromatic carbocycles. The van der Waals surface area contributed by atoms with Gasteiger partial charge in [0.1, 0.15) is 0 Å². The van der Waals surface area contributed by atoms with Gasteiger partial charge in [0.05, 0.1) is 0 Å². The molecule has 2 nitrogen and oxygen atoms in total. The van der Waals surface area contributed by atoms with Crippen molar-refractivity contribution in [3.05, 3.63) is 57.8 Å². The molecule has 1 N–H and O–H groups in total. The Morgan fingerprint density at radius 3 is 2.67 bits per heavy atom. The third kappa shape index (κ3) is 4.50. The number of nitrogens with zero attached hydrogens (tertiary/aromatic N) is 1. The molecule has 4 heteroatoms. The van der Waals surface area contributed by atoms with Crippen LogP contribution in [0.25, 0.3) is 0 Å². The van der Waals surface area contributed by atoms with Gasteiger partial charge in [0.2, 0.25) is 0 Å². The van der Waals surface area contributed by atoms with Gasteiger partial charge in [-0.2, -0.15) is 0 Å². The number of halogens is 2. The highest BCUT2D eigenvalue weighted by Crippen LogP contribution is 2.23. The lowest BCUT2D eigenvalue weighted by Crippen LogP contribution is -2.20. The zero-order valence-electron chi connectivity index (χ0n) is 12.6. The summed E-state index contributed by atoms with van der Waals surface area (Å²) in [6.45, 7) is 6.11. The van der Waals surface area contributed by atoms with E-state index in [2.05, 4.69) is 42.2 Å². The molecule has 0 saturated carbocycles. The molecule has 0 aliphatic rings. The van der Waals surface area contributed by atoms with Crippen LogP contribution in [0.1, 0.15) is 43.9 Å². The first-order valence-electron chi connectivity index (χ1n) is 7.47. The summed E-state index contributed by atoms with van der Waals surface area (Å²) in [5.41, 5.74) is 2.42. The summed E-state index contributed by atoms with van der Waals surface area (Å²) < 4.78 is 2.17. The van der Waals surface area contributed by atoms with Crippen molar-refractivity contribution in [2.24, 2.45) is 0 Å². The van der Waals surface area contributed by atoms with Crippen molar-refractivity contribution in [2.45, 2.75) is 39.3 Å². The van der Waals surface area contributed by atoms with Crippen LogP contribution in [0.5, 0.6) is 0 Å². The highest BCUT2D eigenvalue weighted by molar-refractivity contribution is 6.35. The van der Waals surface area contributed by atoms with Gasteiger partial charge in [-0.05, 0) is 42.3 Å². The first kappa shape index (κ1) is 16.4. The fraction of sp³-hybridized carbons (Fsp3) is 0.412. The summed E-state index contributed by atoms with van der Waals surface area (Å²) in [5.74, 6) is 0. The normalized spacial score (nSPS) is 12.6. The van der Waals surface area contributed by atoms with Crippen LogP contribution in [-0.2, 0) is 6.54 Å². The minimum atomic E-state index is 0.432. The highest BCUT2D eigenvalue weighted by atomic mass is 35.5. The Kier molecular flexibility index (Phi) is 6.16. The standard InChI is InChI=1S/C17H22Cl2N2/c1-3-5-17(20-4-2)14-8-9-21(12-14)11-13-6-7-15(18)10-16(13)19/h6-10,12,17,20H,3-5,11H2,1-2H3. The number of benzene rings is 1. The molecular formula is C17H22Cl2N2. The number of rotatable bonds is 7. The molecule has 0 saturated heterocycles. The average molecular weight is 325 g/mol. The largest absolute Gasteiger partial charge is 0.350 e. The third-order valence-corrected chi connectivity index (χ3v) is 4.16. The van der Waals surface area contributed by atoms with Crippen molar-refractivity contribution >= 4 is 23.2 Å². The summed E-state index contributed by atoms with van der Waals surface area (Å²) in [6.07, 6.45) is 6.64. The second kappa shape index (κ2) is 7.88.